The van der Waals surface area contributed by atoms with Gasteiger partial charge in [0.15, 0.2) is 0 Å². The normalized spacial score (nSPS) is 16.2. The van der Waals surface area contributed by atoms with Crippen molar-refractivity contribution in [1.82, 2.24) is 19.4 Å². The van der Waals surface area contributed by atoms with E-state index in [4.69, 9.17) is 19.1 Å². The second kappa shape index (κ2) is 18.2. The molecule has 0 saturated carbocycles. The SMILES string of the molecule is CCCCOc1ccccc1NC(=O)C1CCc2c(ncn2OC(=O)/C=C/C(=O)On2cnc3c2CCC(C(=O)Nc2ccccc2OCCCC)C3)C1. The summed E-state index contributed by atoms with van der Waals surface area (Å²) in [5.41, 5.74) is 3.96. The minimum Gasteiger partial charge on any atom is -0.491 e. The van der Waals surface area contributed by atoms with E-state index >= 15 is 0 Å². The lowest BCUT2D eigenvalue weighted by Crippen LogP contribution is -2.30. The van der Waals surface area contributed by atoms with Gasteiger partial charge in [-0.3, -0.25) is 9.59 Å². The van der Waals surface area contributed by atoms with Crippen LogP contribution in [0.2, 0.25) is 0 Å². The summed E-state index contributed by atoms with van der Waals surface area (Å²) in [5.74, 6) is -1.22. The molecule has 2 aliphatic carbocycles. The van der Waals surface area contributed by atoms with Gasteiger partial charge in [-0.25, -0.2) is 19.6 Å². The Morgan fingerprint density at radius 3 is 1.54 bits per heavy atom. The zero-order valence-corrected chi connectivity index (χ0v) is 30.6. The highest BCUT2D eigenvalue weighted by molar-refractivity contribution is 5.95. The van der Waals surface area contributed by atoms with Gasteiger partial charge in [-0.1, -0.05) is 51.0 Å². The molecule has 2 aromatic carbocycles. The number of para-hydroxylation sites is 4. The number of hydrogen-bond acceptors (Lipinski definition) is 10. The minimum atomic E-state index is -0.800. The van der Waals surface area contributed by atoms with Crippen LogP contribution in [0.15, 0.2) is 73.3 Å². The molecule has 2 N–H and O–H groups in total. The highest BCUT2D eigenvalue weighted by Crippen LogP contribution is 2.30. The van der Waals surface area contributed by atoms with Crippen LogP contribution in [0.5, 0.6) is 11.5 Å². The molecule has 6 rings (SSSR count). The topological polar surface area (TPSA) is 165 Å². The molecule has 2 heterocycles. The zero-order chi connectivity index (χ0) is 37.9. The summed E-state index contributed by atoms with van der Waals surface area (Å²) in [6, 6.07) is 14.7. The number of unbranched alkanes of at least 4 members (excludes halogenated alkanes) is 2. The number of hydrogen-bond donors (Lipinski definition) is 2. The average Bonchev–Trinajstić information content (AvgIpc) is 3.78. The van der Waals surface area contributed by atoms with E-state index < -0.39 is 11.9 Å². The largest absolute Gasteiger partial charge is 0.491 e. The van der Waals surface area contributed by atoms with Crippen LogP contribution in [0.25, 0.3) is 0 Å². The van der Waals surface area contributed by atoms with Crippen molar-refractivity contribution in [1.29, 1.82) is 0 Å². The third kappa shape index (κ3) is 9.54. The number of amides is 2. The fourth-order valence-corrected chi connectivity index (χ4v) is 6.44. The first-order valence-corrected chi connectivity index (χ1v) is 18.6. The van der Waals surface area contributed by atoms with Crippen LogP contribution >= 0.6 is 0 Å². The lowest BCUT2D eigenvalue weighted by molar-refractivity contribution is -0.141. The number of imidazole rings is 2. The van der Waals surface area contributed by atoms with E-state index in [9.17, 15) is 19.2 Å². The van der Waals surface area contributed by atoms with Gasteiger partial charge in [0, 0.05) is 36.8 Å². The average molecular weight is 739 g/mol. The van der Waals surface area contributed by atoms with Gasteiger partial charge in [0.25, 0.3) is 0 Å². The number of ether oxygens (including phenoxy) is 2. The van der Waals surface area contributed by atoms with Gasteiger partial charge in [-0.05, 0) is 62.8 Å². The van der Waals surface area contributed by atoms with Crippen molar-refractivity contribution in [2.75, 3.05) is 23.8 Å². The van der Waals surface area contributed by atoms with Crippen LogP contribution in [-0.4, -0.2) is 56.4 Å². The molecular formula is C40H46N6O8. The Labute approximate surface area is 313 Å². The van der Waals surface area contributed by atoms with E-state index in [2.05, 4.69) is 34.4 Å². The fourth-order valence-electron chi connectivity index (χ4n) is 6.44. The quantitative estimate of drug-likeness (QED) is 0.117. The van der Waals surface area contributed by atoms with Crippen molar-refractivity contribution >= 4 is 35.1 Å². The van der Waals surface area contributed by atoms with E-state index in [1.807, 2.05) is 48.5 Å². The molecule has 0 bridgehead atoms. The Morgan fingerprint density at radius 1 is 0.685 bits per heavy atom. The Kier molecular flexibility index (Phi) is 12.8. The van der Waals surface area contributed by atoms with Gasteiger partial charge in [0.2, 0.25) is 11.8 Å². The van der Waals surface area contributed by atoms with Crippen molar-refractivity contribution in [3.05, 3.63) is 96.1 Å². The van der Waals surface area contributed by atoms with E-state index in [-0.39, 0.29) is 23.7 Å². The van der Waals surface area contributed by atoms with E-state index in [0.717, 1.165) is 37.8 Å². The monoisotopic (exact) mass is 738 g/mol. The second-order valence-corrected chi connectivity index (χ2v) is 13.3. The molecule has 2 atom stereocenters. The van der Waals surface area contributed by atoms with Gasteiger partial charge >= 0.3 is 11.9 Å². The maximum Gasteiger partial charge on any atom is 0.356 e. The minimum absolute atomic E-state index is 0.130. The summed E-state index contributed by atoms with van der Waals surface area (Å²) in [7, 11) is 0. The smallest absolute Gasteiger partial charge is 0.356 e. The summed E-state index contributed by atoms with van der Waals surface area (Å²) in [4.78, 5) is 71.3. The Morgan fingerprint density at radius 2 is 1.11 bits per heavy atom. The first kappa shape index (κ1) is 37.8. The number of carbonyl (C=O) groups excluding carboxylic acids is 4. The van der Waals surface area contributed by atoms with Gasteiger partial charge in [0.05, 0.1) is 47.4 Å². The Bertz CT molecular complexity index is 1840. The molecule has 14 heteroatoms. The van der Waals surface area contributed by atoms with Crippen molar-refractivity contribution in [2.45, 2.75) is 78.1 Å². The van der Waals surface area contributed by atoms with Crippen LogP contribution in [0.3, 0.4) is 0 Å². The maximum absolute atomic E-state index is 13.2. The summed E-state index contributed by atoms with van der Waals surface area (Å²) >= 11 is 0. The number of rotatable bonds is 16. The van der Waals surface area contributed by atoms with Gasteiger partial charge in [0.1, 0.15) is 24.2 Å². The van der Waals surface area contributed by atoms with Crippen molar-refractivity contribution < 1.29 is 38.3 Å². The third-order valence-electron chi connectivity index (χ3n) is 9.45. The summed E-state index contributed by atoms with van der Waals surface area (Å²) in [6.45, 7) is 5.33. The van der Waals surface area contributed by atoms with Crippen molar-refractivity contribution in [2.24, 2.45) is 11.8 Å². The summed E-state index contributed by atoms with van der Waals surface area (Å²) in [6.07, 6.45) is 11.4. The summed E-state index contributed by atoms with van der Waals surface area (Å²) < 4.78 is 14.2. The molecule has 4 aromatic rings. The van der Waals surface area contributed by atoms with Crippen LogP contribution in [-0.2, 0) is 44.9 Å². The molecule has 0 fully saturated rings. The molecule has 2 aromatic heterocycles. The standard InChI is InChI=1S/C40H46N6O8/c1-3-5-21-51-35-13-9-7-11-29(35)43-39(49)27-15-17-33-31(23-27)41-25-45(33)53-37(47)19-20-38(48)54-46-26-42-32-24-28(16-18-34(32)46)40(50)44-30-12-8-10-14-36(30)52-22-6-4-2/h7-14,19-20,25-28H,3-6,15-18,21-24H2,1-2H3,(H,43,49)(H,44,50)/b20-19+. The molecular weight excluding hydrogens is 692 g/mol. The van der Waals surface area contributed by atoms with Crippen LogP contribution in [0.4, 0.5) is 11.4 Å². The predicted molar refractivity (Wildman–Crippen MR) is 199 cm³/mol. The third-order valence-corrected chi connectivity index (χ3v) is 9.45. The van der Waals surface area contributed by atoms with Gasteiger partial charge in [-0.2, -0.15) is 9.46 Å². The lowest BCUT2D eigenvalue weighted by atomic mass is 9.89. The second-order valence-electron chi connectivity index (χ2n) is 13.3. The molecule has 2 aliphatic rings. The van der Waals surface area contributed by atoms with E-state index in [1.165, 1.54) is 22.1 Å². The number of carbonyl (C=O) groups is 4. The Balaban J connectivity index is 0.972. The fraction of sp³-hybridized carbons (Fsp3) is 0.400. The van der Waals surface area contributed by atoms with Gasteiger partial charge in [-0.15, -0.1) is 0 Å². The molecule has 2 amide bonds. The molecule has 54 heavy (non-hydrogen) atoms. The molecule has 284 valence electrons. The number of fused-ring (bicyclic) bond motifs is 2. The highest BCUT2D eigenvalue weighted by Gasteiger charge is 2.31. The predicted octanol–water partition coefficient (Wildman–Crippen LogP) is 5.09. The number of nitrogens with one attached hydrogen (secondary N) is 2. The van der Waals surface area contributed by atoms with Crippen molar-refractivity contribution in [3.63, 3.8) is 0 Å². The van der Waals surface area contributed by atoms with Gasteiger partial charge < -0.3 is 29.8 Å². The molecule has 0 radical (unpaired) electrons. The number of aromatic nitrogens is 4. The molecule has 0 spiro atoms. The Hall–Kier alpha value is -5.92. The first-order valence-electron chi connectivity index (χ1n) is 18.6. The lowest BCUT2D eigenvalue weighted by Gasteiger charge is -2.22. The number of nitrogens with zero attached hydrogens (tertiary/aromatic N) is 4. The first-order chi connectivity index (χ1) is 26.3. The molecule has 14 nitrogen and oxygen atoms in total. The van der Waals surface area contributed by atoms with Crippen LogP contribution in [0, 0.1) is 11.8 Å². The van der Waals surface area contributed by atoms with E-state index in [1.54, 1.807) is 0 Å². The van der Waals surface area contributed by atoms with Crippen LogP contribution < -0.4 is 29.8 Å². The molecule has 0 aliphatic heterocycles. The summed E-state index contributed by atoms with van der Waals surface area (Å²) in [5, 5.41) is 5.99. The molecule has 2 unspecified atom stereocenters. The number of anilines is 2. The van der Waals surface area contributed by atoms with Crippen LogP contribution in [0.1, 0.15) is 75.1 Å². The zero-order valence-electron chi connectivity index (χ0n) is 30.6. The number of benzene rings is 2. The van der Waals surface area contributed by atoms with Crippen molar-refractivity contribution in [3.8, 4) is 11.5 Å². The highest BCUT2D eigenvalue weighted by atomic mass is 16.7. The maximum atomic E-state index is 13.2. The molecule has 0 saturated heterocycles. The van der Waals surface area contributed by atoms with E-state index in [0.29, 0.717) is 97.4 Å².